The van der Waals surface area contributed by atoms with Crippen LogP contribution in [0.3, 0.4) is 0 Å². The molecule has 2 aromatic carbocycles. The number of halogens is 3. The first-order chi connectivity index (χ1) is 10.1. The molecule has 1 heterocycles. The van der Waals surface area contributed by atoms with E-state index >= 15 is 0 Å². The Morgan fingerprint density at radius 2 is 1.81 bits per heavy atom. The number of hydrogen-bond donors (Lipinski definition) is 2. The lowest BCUT2D eigenvalue weighted by Crippen LogP contribution is -1.89. The van der Waals surface area contributed by atoms with Gasteiger partial charge in [0, 0.05) is 20.1 Å². The maximum atomic E-state index is 6.05. The zero-order valence-corrected chi connectivity index (χ0v) is 14.6. The monoisotopic (exact) mass is 425 g/mol. The topological polar surface area (TPSA) is 54.7 Å². The van der Waals surface area contributed by atoms with E-state index in [9.17, 15) is 0 Å². The maximum Gasteiger partial charge on any atom is 0.153 e. The van der Waals surface area contributed by atoms with Crippen LogP contribution in [0.1, 0.15) is 0 Å². The van der Waals surface area contributed by atoms with Crippen LogP contribution < -0.4 is 5.73 Å². The van der Waals surface area contributed by atoms with Crippen LogP contribution >= 0.6 is 43.5 Å². The van der Waals surface area contributed by atoms with Gasteiger partial charge >= 0.3 is 0 Å². The molecule has 1 aromatic heterocycles. The zero-order valence-electron chi connectivity index (χ0n) is 10.7. The molecule has 21 heavy (non-hydrogen) atoms. The minimum Gasteiger partial charge on any atom is -0.382 e. The molecule has 0 atom stereocenters. The Hall–Kier alpha value is -1.30. The average molecular weight is 428 g/mol. The van der Waals surface area contributed by atoms with Crippen LogP contribution in [-0.4, -0.2) is 10.2 Å². The van der Waals surface area contributed by atoms with E-state index in [-0.39, 0.29) is 0 Å². The molecule has 0 radical (unpaired) electrons. The molecule has 6 heteroatoms. The summed E-state index contributed by atoms with van der Waals surface area (Å²) in [6.07, 6.45) is 0. The van der Waals surface area contributed by atoms with Crippen LogP contribution in [0, 0.1) is 0 Å². The van der Waals surface area contributed by atoms with Crippen molar-refractivity contribution in [2.45, 2.75) is 0 Å². The van der Waals surface area contributed by atoms with Crippen molar-refractivity contribution in [3.63, 3.8) is 0 Å². The van der Waals surface area contributed by atoms with E-state index in [1.165, 1.54) is 0 Å². The second-order valence-corrected chi connectivity index (χ2v) is 6.58. The highest BCUT2D eigenvalue weighted by atomic mass is 79.9. The Morgan fingerprint density at radius 3 is 2.52 bits per heavy atom. The number of nitrogens with two attached hydrogens (primary N) is 1. The van der Waals surface area contributed by atoms with Gasteiger partial charge in [-0.3, -0.25) is 5.10 Å². The lowest BCUT2D eigenvalue weighted by Gasteiger charge is -2.08. The van der Waals surface area contributed by atoms with Crippen molar-refractivity contribution >= 4 is 49.3 Å². The Balaban J connectivity index is 2.22. The molecular formula is C15H10Br2ClN3. The largest absolute Gasteiger partial charge is 0.382 e. The van der Waals surface area contributed by atoms with Gasteiger partial charge in [0.05, 0.1) is 16.3 Å². The second-order valence-electron chi connectivity index (χ2n) is 4.47. The molecule has 0 aliphatic rings. The Morgan fingerprint density at radius 1 is 1.05 bits per heavy atom. The first-order valence-electron chi connectivity index (χ1n) is 6.12. The van der Waals surface area contributed by atoms with Gasteiger partial charge in [-0.2, -0.15) is 5.10 Å². The molecule has 0 aliphatic carbocycles. The molecule has 0 bridgehead atoms. The van der Waals surface area contributed by atoms with Crippen molar-refractivity contribution in [1.29, 1.82) is 0 Å². The van der Waals surface area contributed by atoms with Crippen LogP contribution in [0.5, 0.6) is 0 Å². The summed E-state index contributed by atoms with van der Waals surface area (Å²) in [6, 6.07) is 13.6. The number of aromatic nitrogens is 2. The number of nitrogen functional groups attached to an aromatic ring is 1. The first kappa shape index (κ1) is 14.6. The highest BCUT2D eigenvalue weighted by Gasteiger charge is 2.17. The third-order valence-electron chi connectivity index (χ3n) is 3.15. The minimum absolute atomic E-state index is 0.461. The van der Waals surface area contributed by atoms with Gasteiger partial charge in [0.2, 0.25) is 0 Å². The quantitative estimate of drug-likeness (QED) is 0.567. The smallest absolute Gasteiger partial charge is 0.153 e. The molecule has 0 spiro atoms. The van der Waals surface area contributed by atoms with Gasteiger partial charge in [0.1, 0.15) is 0 Å². The van der Waals surface area contributed by atoms with Crippen LogP contribution in [-0.2, 0) is 0 Å². The fourth-order valence-electron chi connectivity index (χ4n) is 2.15. The van der Waals surface area contributed by atoms with Gasteiger partial charge in [-0.1, -0.05) is 51.8 Å². The number of anilines is 1. The van der Waals surface area contributed by atoms with Crippen molar-refractivity contribution in [2.75, 3.05) is 5.73 Å². The number of aromatic amines is 1. The Bertz CT molecular complexity index is 814. The summed E-state index contributed by atoms with van der Waals surface area (Å²) in [5.74, 6) is 0.461. The van der Waals surface area contributed by atoms with E-state index in [1.807, 2.05) is 42.5 Å². The number of rotatable bonds is 2. The second kappa shape index (κ2) is 5.83. The third-order valence-corrected chi connectivity index (χ3v) is 5.05. The fourth-order valence-corrected chi connectivity index (χ4v) is 3.13. The lowest BCUT2D eigenvalue weighted by molar-refractivity contribution is 1.10. The molecule has 0 fully saturated rings. The molecule has 0 unspecified atom stereocenters. The van der Waals surface area contributed by atoms with Crippen LogP contribution in [0.25, 0.3) is 22.4 Å². The van der Waals surface area contributed by atoms with E-state index in [0.29, 0.717) is 10.8 Å². The zero-order chi connectivity index (χ0) is 15.0. The van der Waals surface area contributed by atoms with Gasteiger partial charge in [-0.25, -0.2) is 0 Å². The molecular weight excluding hydrogens is 417 g/mol. The number of hydrogen-bond acceptors (Lipinski definition) is 2. The van der Waals surface area contributed by atoms with Gasteiger partial charge in [-0.05, 0) is 34.1 Å². The summed E-state index contributed by atoms with van der Waals surface area (Å²) in [6.45, 7) is 0. The van der Waals surface area contributed by atoms with Crippen molar-refractivity contribution in [1.82, 2.24) is 10.2 Å². The average Bonchev–Trinajstić information content (AvgIpc) is 2.84. The van der Waals surface area contributed by atoms with Crippen LogP contribution in [0.2, 0.25) is 5.02 Å². The summed E-state index contributed by atoms with van der Waals surface area (Å²) in [4.78, 5) is 0. The fraction of sp³-hybridized carbons (Fsp3) is 0. The lowest BCUT2D eigenvalue weighted by atomic mass is 10.0. The molecule has 0 aliphatic heterocycles. The highest BCUT2D eigenvalue weighted by molar-refractivity contribution is 9.11. The van der Waals surface area contributed by atoms with Crippen molar-refractivity contribution in [3.8, 4) is 22.4 Å². The van der Waals surface area contributed by atoms with E-state index in [0.717, 1.165) is 31.3 Å². The third kappa shape index (κ3) is 2.73. The standard InChI is InChI=1S/C15H10Br2ClN3/c16-10-4-2-1-3-9(10)13-14(20-21-15(13)19)8-5-6-12(18)11(17)7-8/h1-7H,(H3,19,20,21). The molecule has 0 saturated heterocycles. The molecule has 106 valence electrons. The molecule has 3 N–H and O–H groups in total. The van der Waals surface area contributed by atoms with Crippen molar-refractivity contribution < 1.29 is 0 Å². The summed E-state index contributed by atoms with van der Waals surface area (Å²) >= 11 is 13.0. The van der Waals surface area contributed by atoms with E-state index in [4.69, 9.17) is 17.3 Å². The van der Waals surface area contributed by atoms with Crippen molar-refractivity contribution in [3.05, 3.63) is 56.4 Å². The van der Waals surface area contributed by atoms with Gasteiger partial charge in [0.15, 0.2) is 5.82 Å². The summed E-state index contributed by atoms with van der Waals surface area (Å²) in [7, 11) is 0. The van der Waals surface area contributed by atoms with Crippen LogP contribution in [0.15, 0.2) is 51.4 Å². The van der Waals surface area contributed by atoms with Gasteiger partial charge in [-0.15, -0.1) is 0 Å². The Labute approximate surface area is 143 Å². The first-order valence-corrected chi connectivity index (χ1v) is 8.08. The van der Waals surface area contributed by atoms with E-state index < -0.39 is 0 Å². The number of nitrogens with one attached hydrogen (secondary N) is 1. The number of nitrogens with zero attached hydrogens (tertiary/aromatic N) is 1. The molecule has 3 rings (SSSR count). The normalized spacial score (nSPS) is 10.8. The maximum absolute atomic E-state index is 6.05. The summed E-state index contributed by atoms with van der Waals surface area (Å²) in [5, 5.41) is 7.81. The predicted octanol–water partition coefficient (Wildman–Crippen LogP) is 5.50. The molecule has 0 saturated carbocycles. The number of benzene rings is 2. The van der Waals surface area contributed by atoms with Crippen LogP contribution in [0.4, 0.5) is 5.82 Å². The Kier molecular flexibility index (Phi) is 4.06. The van der Waals surface area contributed by atoms with Gasteiger partial charge < -0.3 is 5.73 Å². The molecule has 0 amide bonds. The summed E-state index contributed by atoms with van der Waals surface area (Å²) in [5.41, 5.74) is 9.73. The van der Waals surface area contributed by atoms with Crippen molar-refractivity contribution in [2.24, 2.45) is 0 Å². The minimum atomic E-state index is 0.461. The summed E-state index contributed by atoms with van der Waals surface area (Å²) < 4.78 is 1.79. The molecule has 3 nitrogen and oxygen atoms in total. The van der Waals surface area contributed by atoms with Gasteiger partial charge in [0.25, 0.3) is 0 Å². The number of H-pyrrole nitrogens is 1. The van der Waals surface area contributed by atoms with E-state index in [2.05, 4.69) is 42.1 Å². The predicted molar refractivity (Wildman–Crippen MR) is 94.3 cm³/mol. The highest BCUT2D eigenvalue weighted by Crippen LogP contribution is 2.39. The van der Waals surface area contributed by atoms with E-state index in [1.54, 1.807) is 0 Å². The molecule has 3 aromatic rings. The SMILES string of the molecule is Nc1n[nH]c(-c2ccc(Cl)c(Br)c2)c1-c1ccccc1Br.